The van der Waals surface area contributed by atoms with E-state index in [2.05, 4.69) is 9.47 Å². The highest BCUT2D eigenvalue weighted by Gasteiger charge is 2.85. The Labute approximate surface area is 142 Å². The molecular weight excluding hydrogens is 416 g/mol. The van der Waals surface area contributed by atoms with Gasteiger partial charge in [-0.2, -0.15) is 52.7 Å². The molecule has 1 saturated heterocycles. The summed E-state index contributed by atoms with van der Waals surface area (Å²) in [6, 6.07) is 0. The van der Waals surface area contributed by atoms with Gasteiger partial charge in [0, 0.05) is 5.92 Å². The van der Waals surface area contributed by atoms with Gasteiger partial charge in [0.15, 0.2) is 0 Å². The Kier molecular flexibility index (Phi) is 4.29. The van der Waals surface area contributed by atoms with E-state index in [4.69, 9.17) is 0 Å². The van der Waals surface area contributed by atoms with E-state index in [0.717, 1.165) is 0 Å². The summed E-state index contributed by atoms with van der Waals surface area (Å²) in [7, 11) is 0. The van der Waals surface area contributed by atoms with E-state index in [1.807, 2.05) is 0 Å². The summed E-state index contributed by atoms with van der Waals surface area (Å²) in [4.78, 5) is 0. The lowest BCUT2D eigenvalue weighted by atomic mass is 9.76. The maximum atomic E-state index is 13.4. The third kappa shape index (κ3) is 2.88. The average molecular weight is 426 g/mol. The van der Waals surface area contributed by atoms with Crippen molar-refractivity contribution in [3.8, 4) is 0 Å². The van der Waals surface area contributed by atoms with Gasteiger partial charge in [-0.25, -0.2) is 0 Å². The first-order chi connectivity index (χ1) is 11.9. The van der Waals surface area contributed by atoms with Gasteiger partial charge >= 0.3 is 24.7 Å². The minimum absolute atomic E-state index is 0.434. The molecule has 2 nitrogen and oxygen atoms in total. The smallest absolute Gasteiger partial charge is 0.357 e. The average Bonchev–Trinajstić information content (AvgIpc) is 2.97. The molecular formula is C13H10F12O2. The number of alkyl halides is 12. The van der Waals surface area contributed by atoms with Gasteiger partial charge in [-0.15, -0.1) is 0 Å². The molecule has 0 radical (unpaired) electrons. The summed E-state index contributed by atoms with van der Waals surface area (Å²) in [5.74, 6) is -5.57. The topological polar surface area (TPSA) is 18.5 Å². The second kappa shape index (κ2) is 5.57. The number of fused-ring (bicyclic) bond motifs is 1. The van der Waals surface area contributed by atoms with Gasteiger partial charge in [0.05, 0.1) is 12.2 Å². The highest BCUT2D eigenvalue weighted by atomic mass is 19.4. The first-order valence-electron chi connectivity index (χ1n) is 7.51. The number of rotatable bonds is 2. The Bertz CT molecular complexity index is 558. The minimum atomic E-state index is -6.10. The normalized spacial score (nSPS) is 36.1. The summed E-state index contributed by atoms with van der Waals surface area (Å²) < 4.78 is 165. The zero-order valence-corrected chi connectivity index (χ0v) is 12.7. The molecule has 2 saturated carbocycles. The highest BCUT2D eigenvalue weighted by molar-refractivity contribution is 5.20. The van der Waals surface area contributed by atoms with Crippen molar-refractivity contribution >= 4 is 0 Å². The Morgan fingerprint density at radius 1 is 0.778 bits per heavy atom. The second-order valence-electron chi connectivity index (χ2n) is 6.87. The van der Waals surface area contributed by atoms with E-state index in [-0.39, 0.29) is 0 Å². The molecule has 0 aromatic rings. The van der Waals surface area contributed by atoms with Gasteiger partial charge in [0.25, 0.3) is 5.60 Å². The molecule has 3 rings (SSSR count). The van der Waals surface area contributed by atoms with E-state index in [9.17, 15) is 52.7 Å². The molecule has 14 heteroatoms. The molecule has 0 N–H and O–H groups in total. The number of halogens is 12. The maximum absolute atomic E-state index is 13.4. The van der Waals surface area contributed by atoms with Crippen molar-refractivity contribution in [2.45, 2.75) is 61.5 Å². The lowest BCUT2D eigenvalue weighted by Crippen LogP contribution is -2.63. The SMILES string of the molecule is FC(F)(F)C(OC1C2[C@@H]3C[C@H]1CC3OC2(C(F)(F)F)C(F)(F)F)C(F)(F)F. The Morgan fingerprint density at radius 3 is 1.67 bits per heavy atom. The second-order valence-corrected chi connectivity index (χ2v) is 6.87. The van der Waals surface area contributed by atoms with Crippen LogP contribution in [0.1, 0.15) is 12.8 Å². The van der Waals surface area contributed by atoms with E-state index in [1.54, 1.807) is 0 Å². The quantitative estimate of drug-likeness (QED) is 0.592. The Balaban J connectivity index is 2.04. The molecule has 158 valence electrons. The van der Waals surface area contributed by atoms with Crippen molar-refractivity contribution in [1.29, 1.82) is 0 Å². The molecule has 1 heterocycles. The Morgan fingerprint density at radius 2 is 1.26 bits per heavy atom. The fourth-order valence-electron chi connectivity index (χ4n) is 4.60. The fraction of sp³-hybridized carbons (Fsp3) is 1.00. The van der Waals surface area contributed by atoms with Crippen LogP contribution in [0.25, 0.3) is 0 Å². The molecule has 3 fully saturated rings. The van der Waals surface area contributed by atoms with Crippen LogP contribution in [0, 0.1) is 17.8 Å². The first-order valence-corrected chi connectivity index (χ1v) is 7.51. The minimum Gasteiger partial charge on any atom is -0.357 e. The van der Waals surface area contributed by atoms with Crippen molar-refractivity contribution in [1.82, 2.24) is 0 Å². The summed E-state index contributed by atoms with van der Waals surface area (Å²) in [6.07, 6.45) is -33.9. The summed E-state index contributed by atoms with van der Waals surface area (Å²) in [6.45, 7) is 0. The number of hydrogen-bond acceptors (Lipinski definition) is 2. The van der Waals surface area contributed by atoms with Crippen LogP contribution in [0.4, 0.5) is 52.7 Å². The summed E-state index contributed by atoms with van der Waals surface area (Å²) >= 11 is 0. The fourth-order valence-corrected chi connectivity index (χ4v) is 4.60. The molecule has 0 aromatic carbocycles. The van der Waals surface area contributed by atoms with Crippen molar-refractivity contribution in [2.24, 2.45) is 17.8 Å². The van der Waals surface area contributed by atoms with Crippen molar-refractivity contribution in [3.63, 3.8) is 0 Å². The van der Waals surface area contributed by atoms with Crippen LogP contribution in [-0.2, 0) is 9.47 Å². The van der Waals surface area contributed by atoms with Gasteiger partial charge in [-0.05, 0) is 24.7 Å². The van der Waals surface area contributed by atoms with Crippen LogP contribution < -0.4 is 0 Å². The van der Waals surface area contributed by atoms with Crippen LogP contribution in [0.5, 0.6) is 0 Å². The molecule has 0 aromatic heterocycles. The van der Waals surface area contributed by atoms with Gasteiger partial charge in [-0.3, -0.25) is 0 Å². The molecule has 5 atom stereocenters. The lowest BCUT2D eigenvalue weighted by Gasteiger charge is -2.40. The van der Waals surface area contributed by atoms with E-state index in [0.29, 0.717) is 0 Å². The predicted molar refractivity (Wildman–Crippen MR) is 60.2 cm³/mol. The molecule has 3 unspecified atom stereocenters. The molecule has 0 amide bonds. The van der Waals surface area contributed by atoms with Crippen molar-refractivity contribution in [3.05, 3.63) is 0 Å². The lowest BCUT2D eigenvalue weighted by molar-refractivity contribution is -0.393. The van der Waals surface area contributed by atoms with Gasteiger partial charge < -0.3 is 9.47 Å². The molecule has 1 aliphatic heterocycles. The third-order valence-electron chi connectivity index (χ3n) is 5.40. The van der Waals surface area contributed by atoms with Crippen LogP contribution in [-0.4, -0.2) is 48.6 Å². The summed E-state index contributed by atoms with van der Waals surface area (Å²) in [5.41, 5.74) is -4.87. The zero-order valence-electron chi connectivity index (χ0n) is 12.7. The van der Waals surface area contributed by atoms with Crippen molar-refractivity contribution in [2.75, 3.05) is 0 Å². The zero-order chi connectivity index (χ0) is 20.8. The molecule has 27 heavy (non-hydrogen) atoms. The summed E-state index contributed by atoms with van der Waals surface area (Å²) in [5, 5.41) is 0. The monoisotopic (exact) mass is 426 g/mol. The molecule has 2 aliphatic carbocycles. The maximum Gasteiger partial charge on any atom is 0.426 e. The van der Waals surface area contributed by atoms with Gasteiger partial charge in [-0.1, -0.05) is 0 Å². The standard InChI is InChI=1S/C13H10F12O2/c14-10(15,16)8(11(17,18)19)26-7-3-1-4-5(2-3)27-9(6(4)7,12(20,21)22)13(23,24)25/h3-8H,1-2H2/t3-,4+,5?,6?,7?/m0/s1. The third-order valence-corrected chi connectivity index (χ3v) is 5.40. The van der Waals surface area contributed by atoms with E-state index >= 15 is 0 Å². The van der Waals surface area contributed by atoms with Gasteiger partial charge in [0.1, 0.15) is 0 Å². The predicted octanol–water partition coefficient (Wildman–Crippen LogP) is 4.78. The van der Waals surface area contributed by atoms with Crippen LogP contribution in [0.2, 0.25) is 0 Å². The van der Waals surface area contributed by atoms with E-state index < -0.39 is 79.2 Å². The first kappa shape index (κ1) is 20.8. The van der Waals surface area contributed by atoms with Crippen LogP contribution >= 0.6 is 0 Å². The highest BCUT2D eigenvalue weighted by Crippen LogP contribution is 2.68. The largest absolute Gasteiger partial charge is 0.426 e. The van der Waals surface area contributed by atoms with Crippen molar-refractivity contribution < 1.29 is 62.2 Å². The van der Waals surface area contributed by atoms with Crippen LogP contribution in [0.3, 0.4) is 0 Å². The number of hydrogen-bond donors (Lipinski definition) is 0. The van der Waals surface area contributed by atoms with E-state index in [1.165, 1.54) is 0 Å². The van der Waals surface area contributed by atoms with Crippen LogP contribution in [0.15, 0.2) is 0 Å². The molecule has 0 spiro atoms. The van der Waals surface area contributed by atoms with Gasteiger partial charge in [0.2, 0.25) is 6.10 Å². The molecule has 3 aliphatic rings. The molecule has 2 bridgehead atoms. The Hall–Kier alpha value is -0.920. The number of ether oxygens (including phenoxy) is 2.